The molecule has 3 unspecified atom stereocenters. The van der Waals surface area contributed by atoms with Crippen molar-refractivity contribution in [1.29, 1.82) is 0 Å². The molecule has 1 aliphatic rings. The number of ether oxygens (including phenoxy) is 2. The molecule has 1 fully saturated rings. The Morgan fingerprint density at radius 2 is 1.87 bits per heavy atom. The molecule has 0 aromatic rings. The Bertz CT molecular complexity index is 183. The molecule has 0 radical (unpaired) electrons. The summed E-state index contributed by atoms with van der Waals surface area (Å²) < 4.78 is 10.4. The van der Waals surface area contributed by atoms with E-state index in [2.05, 4.69) is 0 Å². The lowest BCUT2D eigenvalue weighted by molar-refractivity contribution is -0.218. The van der Waals surface area contributed by atoms with E-state index in [-0.39, 0.29) is 19.1 Å². The summed E-state index contributed by atoms with van der Waals surface area (Å²) in [6.45, 7) is 1.96. The lowest BCUT2D eigenvalue weighted by Crippen LogP contribution is -2.56. The van der Waals surface area contributed by atoms with Crippen LogP contribution in [0.4, 0.5) is 0 Å². The van der Waals surface area contributed by atoms with Crippen molar-refractivity contribution >= 4 is 0 Å². The number of rotatable bonds is 4. The van der Waals surface area contributed by atoms with Crippen molar-refractivity contribution in [3.63, 3.8) is 0 Å². The normalized spacial score (nSPS) is 41.8. The number of methoxy groups -OCH3 is 1. The summed E-state index contributed by atoms with van der Waals surface area (Å²) in [5, 5.41) is 28.7. The van der Waals surface area contributed by atoms with Crippen LogP contribution >= 0.6 is 0 Å². The van der Waals surface area contributed by atoms with Crippen molar-refractivity contribution in [3.05, 3.63) is 0 Å². The van der Waals surface area contributed by atoms with Crippen molar-refractivity contribution < 1.29 is 24.8 Å². The van der Waals surface area contributed by atoms with Crippen LogP contribution in [0.3, 0.4) is 0 Å². The Morgan fingerprint density at radius 1 is 1.20 bits per heavy atom. The van der Waals surface area contributed by atoms with Crippen LogP contribution in [0.15, 0.2) is 0 Å². The van der Waals surface area contributed by atoms with Gasteiger partial charge in [0.1, 0.15) is 12.2 Å². The lowest BCUT2D eigenvalue weighted by atomic mass is 9.85. The van der Waals surface area contributed by atoms with Gasteiger partial charge in [-0.25, -0.2) is 0 Å². The molecule has 0 amide bonds. The molecule has 0 saturated carbocycles. The molecule has 5 atom stereocenters. The van der Waals surface area contributed by atoms with E-state index in [1.54, 1.807) is 0 Å². The van der Waals surface area contributed by atoms with Gasteiger partial charge in [0.05, 0.1) is 25.4 Å². The first kappa shape index (κ1) is 12.9. The highest BCUT2D eigenvalue weighted by atomic mass is 16.6. The number of hydrogen-bond acceptors (Lipinski definition) is 5. The van der Waals surface area contributed by atoms with Gasteiger partial charge in [-0.2, -0.15) is 0 Å². The average Bonchev–Trinajstić information content (AvgIpc) is 2.24. The largest absolute Gasteiger partial charge is 0.394 e. The molecule has 3 N–H and O–H groups in total. The van der Waals surface area contributed by atoms with Gasteiger partial charge >= 0.3 is 0 Å². The van der Waals surface area contributed by atoms with E-state index in [4.69, 9.17) is 14.6 Å². The van der Waals surface area contributed by atoms with Crippen LogP contribution < -0.4 is 0 Å². The van der Waals surface area contributed by atoms with Gasteiger partial charge in [-0.15, -0.1) is 0 Å². The molecule has 15 heavy (non-hydrogen) atoms. The van der Waals surface area contributed by atoms with Crippen LogP contribution in [0.25, 0.3) is 0 Å². The molecule has 1 aliphatic heterocycles. The molecule has 1 saturated heterocycles. The summed E-state index contributed by atoms with van der Waals surface area (Å²) in [6.07, 6.45) is -2.14. The summed E-state index contributed by atoms with van der Waals surface area (Å²) >= 11 is 0. The van der Waals surface area contributed by atoms with Gasteiger partial charge in [0.25, 0.3) is 0 Å². The highest BCUT2D eigenvalue weighted by molar-refractivity contribution is 4.91. The molecule has 0 spiro atoms. The third-order valence-corrected chi connectivity index (χ3v) is 2.98. The molecular formula is C10H20O5. The van der Waals surface area contributed by atoms with E-state index in [1.165, 1.54) is 7.11 Å². The second kappa shape index (κ2) is 5.77. The summed E-state index contributed by atoms with van der Waals surface area (Å²) in [5.41, 5.74) is 0. The SMILES string of the molecule is CC[C@@H]1C(CO)O[C@H](COC)C(O)C1O. The van der Waals surface area contributed by atoms with E-state index in [1.807, 2.05) is 6.92 Å². The fourth-order valence-corrected chi connectivity index (χ4v) is 2.08. The summed E-state index contributed by atoms with van der Waals surface area (Å²) in [6, 6.07) is 0. The van der Waals surface area contributed by atoms with Gasteiger partial charge in [-0.1, -0.05) is 6.92 Å². The quantitative estimate of drug-likeness (QED) is 0.574. The van der Waals surface area contributed by atoms with Crippen LogP contribution in [-0.4, -0.2) is 60.1 Å². The fourth-order valence-electron chi connectivity index (χ4n) is 2.08. The molecule has 0 aromatic carbocycles. The van der Waals surface area contributed by atoms with Gasteiger partial charge in [0.15, 0.2) is 0 Å². The van der Waals surface area contributed by atoms with Gasteiger partial charge in [-0.3, -0.25) is 0 Å². The predicted octanol–water partition coefficient (Wildman–Crippen LogP) is -0.860. The Kier molecular flexibility index (Phi) is 4.95. The Hall–Kier alpha value is -0.200. The van der Waals surface area contributed by atoms with Crippen molar-refractivity contribution in [2.75, 3.05) is 20.3 Å². The molecule has 1 rings (SSSR count). The van der Waals surface area contributed by atoms with E-state index >= 15 is 0 Å². The zero-order valence-electron chi connectivity index (χ0n) is 9.17. The second-order valence-electron chi connectivity index (χ2n) is 3.90. The molecule has 1 heterocycles. The molecular weight excluding hydrogens is 200 g/mol. The zero-order chi connectivity index (χ0) is 11.4. The van der Waals surface area contributed by atoms with Gasteiger partial charge in [0.2, 0.25) is 0 Å². The number of hydrogen-bond donors (Lipinski definition) is 3. The van der Waals surface area contributed by atoms with Crippen LogP contribution in [0, 0.1) is 5.92 Å². The van der Waals surface area contributed by atoms with Crippen molar-refractivity contribution in [2.45, 2.75) is 37.8 Å². The average molecular weight is 220 g/mol. The summed E-state index contributed by atoms with van der Waals surface area (Å²) in [4.78, 5) is 0. The van der Waals surface area contributed by atoms with E-state index in [0.29, 0.717) is 6.42 Å². The monoisotopic (exact) mass is 220 g/mol. The highest BCUT2D eigenvalue weighted by Crippen LogP contribution is 2.28. The minimum Gasteiger partial charge on any atom is -0.394 e. The fraction of sp³-hybridized carbons (Fsp3) is 1.00. The Balaban J connectivity index is 2.68. The topological polar surface area (TPSA) is 79.2 Å². The molecule has 0 aromatic heterocycles. The molecule has 90 valence electrons. The number of aliphatic hydroxyl groups excluding tert-OH is 3. The first-order chi connectivity index (χ1) is 7.15. The minimum absolute atomic E-state index is 0.150. The Labute approximate surface area is 89.6 Å². The summed E-state index contributed by atoms with van der Waals surface area (Å²) in [7, 11) is 1.50. The smallest absolute Gasteiger partial charge is 0.110 e. The van der Waals surface area contributed by atoms with Gasteiger partial charge in [0, 0.05) is 13.0 Å². The first-order valence-electron chi connectivity index (χ1n) is 5.27. The van der Waals surface area contributed by atoms with Gasteiger partial charge in [-0.05, 0) is 6.42 Å². The van der Waals surface area contributed by atoms with E-state index in [9.17, 15) is 10.2 Å². The maximum Gasteiger partial charge on any atom is 0.110 e. The minimum atomic E-state index is -0.947. The van der Waals surface area contributed by atoms with Crippen LogP contribution in [0.1, 0.15) is 13.3 Å². The number of aliphatic hydroxyl groups is 3. The van der Waals surface area contributed by atoms with Gasteiger partial charge < -0.3 is 24.8 Å². The molecule has 0 bridgehead atoms. The second-order valence-corrected chi connectivity index (χ2v) is 3.90. The third-order valence-electron chi connectivity index (χ3n) is 2.98. The maximum atomic E-state index is 9.84. The maximum absolute atomic E-state index is 9.84. The van der Waals surface area contributed by atoms with Crippen molar-refractivity contribution in [1.82, 2.24) is 0 Å². The van der Waals surface area contributed by atoms with E-state index < -0.39 is 24.4 Å². The molecule has 0 aliphatic carbocycles. The van der Waals surface area contributed by atoms with Crippen LogP contribution in [-0.2, 0) is 9.47 Å². The lowest BCUT2D eigenvalue weighted by Gasteiger charge is -2.42. The highest BCUT2D eigenvalue weighted by Gasteiger charge is 2.42. The van der Waals surface area contributed by atoms with Crippen molar-refractivity contribution in [3.8, 4) is 0 Å². The van der Waals surface area contributed by atoms with Crippen LogP contribution in [0.5, 0.6) is 0 Å². The summed E-state index contributed by atoms with van der Waals surface area (Å²) in [5.74, 6) is -0.224. The van der Waals surface area contributed by atoms with Crippen molar-refractivity contribution in [2.24, 2.45) is 5.92 Å². The van der Waals surface area contributed by atoms with Crippen LogP contribution in [0.2, 0.25) is 0 Å². The molecule has 5 nitrogen and oxygen atoms in total. The first-order valence-corrected chi connectivity index (χ1v) is 5.27. The third kappa shape index (κ3) is 2.68. The zero-order valence-corrected chi connectivity index (χ0v) is 9.17. The Morgan fingerprint density at radius 3 is 2.33 bits per heavy atom. The predicted molar refractivity (Wildman–Crippen MR) is 53.4 cm³/mol. The standard InChI is InChI=1S/C10H20O5/c1-3-6-7(4-11)15-8(5-14-2)10(13)9(6)12/h6-13H,3-5H2,1-2H3/t6-,7?,8-,9?,10?/m1/s1. The van der Waals surface area contributed by atoms with E-state index in [0.717, 1.165) is 0 Å². The molecule has 5 heteroatoms.